The maximum absolute atomic E-state index is 12.8. The molecule has 0 bridgehead atoms. The van der Waals surface area contributed by atoms with Gasteiger partial charge in [0, 0.05) is 10.8 Å². The van der Waals surface area contributed by atoms with Crippen LogP contribution in [0.25, 0.3) is 21.9 Å². The van der Waals surface area contributed by atoms with Gasteiger partial charge in [0.05, 0.1) is 17.1 Å². The van der Waals surface area contributed by atoms with E-state index in [0.29, 0.717) is 22.0 Å². The first-order valence-electron chi connectivity index (χ1n) is 7.96. The Morgan fingerprint density at radius 2 is 1.88 bits per heavy atom. The number of rotatable bonds is 3. The second-order valence-electron chi connectivity index (χ2n) is 5.89. The van der Waals surface area contributed by atoms with Crippen LogP contribution in [-0.4, -0.2) is 10.9 Å². The van der Waals surface area contributed by atoms with Gasteiger partial charge in [0.25, 0.3) is 5.91 Å². The topological polar surface area (TPSA) is 55.1 Å². The summed E-state index contributed by atoms with van der Waals surface area (Å²) in [5.41, 5.74) is 1.99. The summed E-state index contributed by atoms with van der Waals surface area (Å²) in [7, 11) is 0. The van der Waals surface area contributed by atoms with Crippen LogP contribution < -0.4 is 5.32 Å². The Balaban J connectivity index is 1.65. The van der Waals surface area contributed by atoms with Gasteiger partial charge in [-0.3, -0.25) is 4.79 Å². The Kier molecular flexibility index (Phi) is 3.90. The molecule has 0 fully saturated rings. The molecule has 4 rings (SSSR count). The molecular formula is C20H15ClN2O2. The highest BCUT2D eigenvalue weighted by Crippen LogP contribution is 2.25. The molecule has 1 amide bonds. The van der Waals surface area contributed by atoms with E-state index in [9.17, 15) is 4.79 Å². The lowest BCUT2D eigenvalue weighted by molar-refractivity contribution is 0.0937. The maximum Gasteiger partial charge on any atom is 0.252 e. The largest absolute Gasteiger partial charge is 0.459 e. The highest BCUT2D eigenvalue weighted by atomic mass is 35.5. The minimum atomic E-state index is -0.273. The van der Waals surface area contributed by atoms with Crippen LogP contribution in [0.4, 0.5) is 0 Å². The van der Waals surface area contributed by atoms with Crippen molar-refractivity contribution in [3.8, 4) is 0 Å². The fourth-order valence-corrected chi connectivity index (χ4v) is 3.09. The molecule has 5 heteroatoms. The van der Waals surface area contributed by atoms with Gasteiger partial charge in [-0.25, -0.2) is 4.98 Å². The number of aromatic nitrogens is 1. The highest BCUT2D eigenvalue weighted by Gasteiger charge is 2.18. The number of fused-ring (bicyclic) bond motifs is 2. The van der Waals surface area contributed by atoms with E-state index in [2.05, 4.69) is 10.3 Å². The predicted octanol–water partition coefficient (Wildman–Crippen LogP) is 5.13. The van der Waals surface area contributed by atoms with Crippen LogP contribution in [0.2, 0.25) is 5.15 Å². The summed E-state index contributed by atoms with van der Waals surface area (Å²) in [5.74, 6) is 0.493. The molecule has 2 aromatic carbocycles. The minimum Gasteiger partial charge on any atom is -0.459 e. The third-order valence-electron chi connectivity index (χ3n) is 4.15. The highest BCUT2D eigenvalue weighted by molar-refractivity contribution is 6.30. The first-order valence-corrected chi connectivity index (χ1v) is 8.34. The molecule has 1 atom stereocenters. The van der Waals surface area contributed by atoms with E-state index in [1.807, 2.05) is 61.5 Å². The number of benzene rings is 2. The van der Waals surface area contributed by atoms with Gasteiger partial charge < -0.3 is 9.73 Å². The van der Waals surface area contributed by atoms with E-state index in [0.717, 1.165) is 16.4 Å². The van der Waals surface area contributed by atoms with Crippen molar-refractivity contribution in [2.45, 2.75) is 13.0 Å². The average molecular weight is 351 g/mol. The van der Waals surface area contributed by atoms with Crippen LogP contribution in [0.1, 0.15) is 29.1 Å². The second kappa shape index (κ2) is 6.22. The number of halogens is 1. The molecule has 0 unspecified atom stereocenters. The van der Waals surface area contributed by atoms with Crippen LogP contribution in [0, 0.1) is 0 Å². The molecule has 0 aliphatic heterocycles. The molecule has 2 heterocycles. The van der Waals surface area contributed by atoms with Crippen LogP contribution in [-0.2, 0) is 0 Å². The van der Waals surface area contributed by atoms with Crippen molar-refractivity contribution in [1.82, 2.24) is 10.3 Å². The normalized spacial score (nSPS) is 12.4. The molecule has 0 saturated carbocycles. The molecule has 0 aliphatic rings. The second-order valence-corrected chi connectivity index (χ2v) is 6.28. The minimum absolute atomic E-state index is 0.214. The van der Waals surface area contributed by atoms with E-state index >= 15 is 0 Å². The number of furan rings is 1. The van der Waals surface area contributed by atoms with Gasteiger partial charge >= 0.3 is 0 Å². The zero-order valence-electron chi connectivity index (χ0n) is 13.5. The van der Waals surface area contributed by atoms with E-state index in [1.54, 1.807) is 6.07 Å². The van der Waals surface area contributed by atoms with E-state index in [1.165, 1.54) is 0 Å². The number of para-hydroxylation sites is 2. The van der Waals surface area contributed by atoms with Gasteiger partial charge in [0.2, 0.25) is 0 Å². The number of pyridine rings is 1. The predicted molar refractivity (Wildman–Crippen MR) is 98.8 cm³/mol. The van der Waals surface area contributed by atoms with Gasteiger partial charge in [-0.1, -0.05) is 48.0 Å². The number of carbonyl (C=O) groups is 1. The number of hydrogen-bond acceptors (Lipinski definition) is 3. The lowest BCUT2D eigenvalue weighted by Crippen LogP contribution is -2.26. The number of nitrogens with one attached hydrogen (secondary N) is 1. The number of amides is 1. The molecule has 2 aromatic heterocycles. The monoisotopic (exact) mass is 350 g/mol. The molecule has 0 saturated heterocycles. The van der Waals surface area contributed by atoms with Crippen LogP contribution >= 0.6 is 11.6 Å². The first kappa shape index (κ1) is 15.7. The van der Waals surface area contributed by atoms with E-state index < -0.39 is 0 Å². The quantitative estimate of drug-likeness (QED) is 0.521. The smallest absolute Gasteiger partial charge is 0.252 e. The number of carbonyl (C=O) groups excluding carboxylic acids is 1. The van der Waals surface area contributed by atoms with E-state index in [4.69, 9.17) is 16.0 Å². The van der Waals surface area contributed by atoms with Crippen molar-refractivity contribution in [2.24, 2.45) is 0 Å². The van der Waals surface area contributed by atoms with E-state index in [-0.39, 0.29) is 11.9 Å². The van der Waals surface area contributed by atoms with Crippen molar-refractivity contribution in [3.63, 3.8) is 0 Å². The van der Waals surface area contributed by atoms with Gasteiger partial charge in [0.15, 0.2) is 0 Å². The zero-order chi connectivity index (χ0) is 17.4. The van der Waals surface area contributed by atoms with Gasteiger partial charge in [-0.05, 0) is 31.2 Å². The third kappa shape index (κ3) is 2.96. The maximum atomic E-state index is 12.8. The van der Waals surface area contributed by atoms with Gasteiger partial charge in [-0.2, -0.15) is 0 Å². The van der Waals surface area contributed by atoms with Crippen molar-refractivity contribution < 1.29 is 9.21 Å². The zero-order valence-corrected chi connectivity index (χ0v) is 14.2. The summed E-state index contributed by atoms with van der Waals surface area (Å²) in [4.78, 5) is 17.0. The Bertz CT molecular complexity index is 1050. The summed E-state index contributed by atoms with van der Waals surface area (Å²) in [6.07, 6.45) is 0. The molecule has 0 aliphatic carbocycles. The Hall–Kier alpha value is -2.85. The lowest BCUT2D eigenvalue weighted by Gasteiger charge is -2.13. The summed E-state index contributed by atoms with van der Waals surface area (Å²) < 4.78 is 5.82. The Labute approximate surface area is 149 Å². The average Bonchev–Trinajstić information content (AvgIpc) is 3.05. The lowest BCUT2D eigenvalue weighted by atomic mass is 10.1. The third-order valence-corrected chi connectivity index (χ3v) is 4.34. The van der Waals surface area contributed by atoms with Crippen LogP contribution in [0.3, 0.4) is 0 Å². The van der Waals surface area contributed by atoms with Crippen molar-refractivity contribution in [2.75, 3.05) is 0 Å². The molecule has 0 radical (unpaired) electrons. The molecule has 4 aromatic rings. The van der Waals surface area contributed by atoms with Gasteiger partial charge in [0.1, 0.15) is 16.5 Å². The van der Waals surface area contributed by atoms with Crippen molar-refractivity contribution in [1.29, 1.82) is 0 Å². The fourth-order valence-electron chi connectivity index (χ4n) is 2.89. The first-order chi connectivity index (χ1) is 12.1. The summed E-state index contributed by atoms with van der Waals surface area (Å²) in [5, 5.41) is 5.04. The molecule has 0 spiro atoms. The molecular weight excluding hydrogens is 336 g/mol. The van der Waals surface area contributed by atoms with Crippen LogP contribution in [0.15, 0.2) is 65.1 Å². The van der Waals surface area contributed by atoms with Gasteiger partial charge in [-0.15, -0.1) is 0 Å². The van der Waals surface area contributed by atoms with Crippen molar-refractivity contribution in [3.05, 3.63) is 77.1 Å². The summed E-state index contributed by atoms with van der Waals surface area (Å²) >= 11 is 6.07. The summed E-state index contributed by atoms with van der Waals surface area (Å²) in [6.45, 7) is 1.89. The number of nitrogens with zero attached hydrogens (tertiary/aromatic N) is 1. The standard InChI is InChI=1S/C20H15ClN2O2/c1-12(18-10-13-6-2-5-9-17(13)25-18)22-20(24)15-11-19(21)23-16-8-4-3-7-14(15)16/h2-12H,1H3,(H,22,24)/t12-/m1/s1. The number of hydrogen-bond donors (Lipinski definition) is 1. The molecule has 25 heavy (non-hydrogen) atoms. The molecule has 124 valence electrons. The fraction of sp³-hybridized carbons (Fsp3) is 0.100. The Morgan fingerprint density at radius 3 is 2.72 bits per heavy atom. The molecule has 1 N–H and O–H groups in total. The molecule has 4 nitrogen and oxygen atoms in total. The van der Waals surface area contributed by atoms with Crippen molar-refractivity contribution >= 4 is 39.4 Å². The Morgan fingerprint density at radius 1 is 1.12 bits per heavy atom. The van der Waals surface area contributed by atoms with Crippen LogP contribution in [0.5, 0.6) is 0 Å². The SMILES string of the molecule is C[C@@H](NC(=O)c1cc(Cl)nc2ccccc12)c1cc2ccccc2o1. The summed E-state index contributed by atoms with van der Waals surface area (Å²) in [6, 6.07) is 18.5.